The summed E-state index contributed by atoms with van der Waals surface area (Å²) < 4.78 is 37.4. The maximum absolute atomic E-state index is 12.8. The van der Waals surface area contributed by atoms with Crippen LogP contribution < -0.4 is 14.8 Å². The number of hydrogen-bond acceptors (Lipinski definition) is 5. The van der Waals surface area contributed by atoms with E-state index < -0.39 is 10.0 Å². The second-order valence-electron chi connectivity index (χ2n) is 5.09. The Bertz CT molecular complexity index is 595. The number of halogens is 1. The third kappa shape index (κ3) is 3.84. The van der Waals surface area contributed by atoms with Crippen LogP contribution in [0.5, 0.6) is 11.5 Å². The molecule has 1 aromatic rings. The van der Waals surface area contributed by atoms with Crippen molar-refractivity contribution in [3.8, 4) is 11.5 Å². The number of hydrogen-bond donors (Lipinski definition) is 1. The molecule has 126 valence electrons. The van der Waals surface area contributed by atoms with Gasteiger partial charge in [-0.05, 0) is 38.1 Å². The van der Waals surface area contributed by atoms with Gasteiger partial charge in [0.1, 0.15) is 16.4 Å². The van der Waals surface area contributed by atoms with Crippen molar-refractivity contribution in [2.75, 3.05) is 40.9 Å². The van der Waals surface area contributed by atoms with E-state index in [0.29, 0.717) is 30.5 Å². The first-order chi connectivity index (χ1) is 10.0. The molecule has 1 saturated heterocycles. The predicted molar refractivity (Wildman–Crippen MR) is 87.6 cm³/mol. The Morgan fingerprint density at radius 1 is 1.32 bits per heavy atom. The largest absolute Gasteiger partial charge is 0.497 e. The lowest BCUT2D eigenvalue weighted by atomic mass is 10.1. The number of nitrogens with one attached hydrogen (secondary N) is 1. The molecule has 0 spiro atoms. The van der Waals surface area contributed by atoms with Gasteiger partial charge in [-0.25, -0.2) is 8.42 Å². The average molecular weight is 351 g/mol. The third-order valence-corrected chi connectivity index (χ3v) is 5.62. The Hall–Kier alpha value is -1.02. The highest BCUT2D eigenvalue weighted by Crippen LogP contribution is 2.32. The van der Waals surface area contributed by atoms with Gasteiger partial charge in [0.15, 0.2) is 0 Å². The molecule has 8 heteroatoms. The molecule has 0 saturated carbocycles. The summed E-state index contributed by atoms with van der Waals surface area (Å²) in [4.78, 5) is 0.162. The van der Waals surface area contributed by atoms with Gasteiger partial charge in [0.2, 0.25) is 10.0 Å². The lowest BCUT2D eigenvalue weighted by Crippen LogP contribution is -2.30. The van der Waals surface area contributed by atoms with E-state index in [-0.39, 0.29) is 17.3 Å². The molecule has 2 rings (SSSR count). The van der Waals surface area contributed by atoms with Crippen LogP contribution in [-0.2, 0) is 10.0 Å². The van der Waals surface area contributed by atoms with Gasteiger partial charge in [0.05, 0.1) is 14.2 Å². The lowest BCUT2D eigenvalue weighted by molar-refractivity contribution is 0.387. The predicted octanol–water partition coefficient (Wildman–Crippen LogP) is 1.36. The van der Waals surface area contributed by atoms with Crippen molar-refractivity contribution in [2.24, 2.45) is 5.92 Å². The monoisotopic (exact) mass is 350 g/mol. The van der Waals surface area contributed by atoms with Crippen molar-refractivity contribution < 1.29 is 17.9 Å². The van der Waals surface area contributed by atoms with E-state index in [2.05, 4.69) is 5.32 Å². The standard InChI is InChI=1S/C14H22N2O4S.ClH/c1-15-9-11-6-7-16(10-11)21(17,18)14-8-12(19-2)4-5-13(14)20-3;/h4-5,8,11,15H,6-7,9-10H2,1-3H3;1H. The van der Waals surface area contributed by atoms with Crippen molar-refractivity contribution in [1.82, 2.24) is 9.62 Å². The summed E-state index contributed by atoms with van der Waals surface area (Å²) in [6.45, 7) is 1.89. The smallest absolute Gasteiger partial charge is 0.246 e. The highest BCUT2D eigenvalue weighted by Gasteiger charge is 2.34. The highest BCUT2D eigenvalue weighted by molar-refractivity contribution is 7.89. The van der Waals surface area contributed by atoms with Crippen LogP contribution in [0.15, 0.2) is 23.1 Å². The molecule has 0 amide bonds. The quantitative estimate of drug-likeness (QED) is 0.839. The molecule has 1 aliphatic rings. The normalized spacial score (nSPS) is 18.8. The number of ether oxygens (including phenoxy) is 2. The second kappa shape index (κ2) is 8.01. The fourth-order valence-corrected chi connectivity index (χ4v) is 4.30. The first kappa shape index (κ1) is 19.0. The van der Waals surface area contributed by atoms with Crippen molar-refractivity contribution in [3.05, 3.63) is 18.2 Å². The molecule has 1 N–H and O–H groups in total. The van der Waals surface area contributed by atoms with Gasteiger partial charge in [-0.2, -0.15) is 4.31 Å². The Morgan fingerprint density at radius 2 is 2.05 bits per heavy atom. The van der Waals surface area contributed by atoms with Crippen molar-refractivity contribution in [2.45, 2.75) is 11.3 Å². The lowest BCUT2D eigenvalue weighted by Gasteiger charge is -2.19. The van der Waals surface area contributed by atoms with Crippen LogP contribution in [0.25, 0.3) is 0 Å². The first-order valence-corrected chi connectivity index (χ1v) is 8.33. The average Bonchev–Trinajstić information content (AvgIpc) is 2.96. The van der Waals surface area contributed by atoms with Gasteiger partial charge in [-0.15, -0.1) is 12.4 Å². The molecule has 1 fully saturated rings. The molecule has 1 aliphatic heterocycles. The molecule has 0 bridgehead atoms. The van der Waals surface area contributed by atoms with Crippen LogP contribution >= 0.6 is 12.4 Å². The number of rotatable bonds is 6. The zero-order chi connectivity index (χ0) is 15.5. The Balaban J connectivity index is 0.00000242. The molecule has 0 aliphatic carbocycles. The fraction of sp³-hybridized carbons (Fsp3) is 0.571. The van der Waals surface area contributed by atoms with Crippen LogP contribution in [-0.4, -0.2) is 53.6 Å². The van der Waals surface area contributed by atoms with Gasteiger partial charge in [0, 0.05) is 19.2 Å². The molecule has 1 unspecified atom stereocenters. The Kier molecular flexibility index (Phi) is 6.93. The molecule has 22 heavy (non-hydrogen) atoms. The minimum absolute atomic E-state index is 0. The Labute approximate surface area is 138 Å². The Morgan fingerprint density at radius 3 is 2.64 bits per heavy atom. The second-order valence-corrected chi connectivity index (χ2v) is 7.00. The van der Waals surface area contributed by atoms with E-state index in [1.165, 1.54) is 24.6 Å². The van der Waals surface area contributed by atoms with Crippen molar-refractivity contribution in [1.29, 1.82) is 0 Å². The SMILES string of the molecule is CNCC1CCN(S(=O)(=O)c2cc(OC)ccc2OC)C1.Cl. The van der Waals surface area contributed by atoms with Gasteiger partial charge in [-0.1, -0.05) is 0 Å². The molecule has 1 heterocycles. The van der Waals surface area contributed by atoms with Gasteiger partial charge in [0.25, 0.3) is 0 Å². The molecule has 0 aromatic heterocycles. The highest BCUT2D eigenvalue weighted by atomic mass is 35.5. The van der Waals surface area contributed by atoms with E-state index in [4.69, 9.17) is 9.47 Å². The van der Waals surface area contributed by atoms with E-state index in [1.54, 1.807) is 12.1 Å². The van der Waals surface area contributed by atoms with Crippen LogP contribution in [0, 0.1) is 5.92 Å². The van der Waals surface area contributed by atoms with Crippen molar-refractivity contribution in [3.63, 3.8) is 0 Å². The molecule has 1 aromatic carbocycles. The summed E-state index contributed by atoms with van der Waals surface area (Å²) in [5.41, 5.74) is 0. The van der Waals surface area contributed by atoms with E-state index in [1.807, 2.05) is 7.05 Å². The summed E-state index contributed by atoms with van der Waals surface area (Å²) in [5, 5.41) is 3.10. The van der Waals surface area contributed by atoms with Gasteiger partial charge >= 0.3 is 0 Å². The maximum Gasteiger partial charge on any atom is 0.246 e. The molecular formula is C14H23ClN2O4S. The summed E-state index contributed by atoms with van der Waals surface area (Å²) in [5.74, 6) is 1.19. The van der Waals surface area contributed by atoms with Crippen molar-refractivity contribution >= 4 is 22.4 Å². The fourth-order valence-electron chi connectivity index (χ4n) is 2.60. The summed E-state index contributed by atoms with van der Waals surface area (Å²) >= 11 is 0. The summed E-state index contributed by atoms with van der Waals surface area (Å²) in [6.07, 6.45) is 0.867. The minimum Gasteiger partial charge on any atom is -0.497 e. The van der Waals surface area contributed by atoms with Crippen LogP contribution in [0.2, 0.25) is 0 Å². The number of nitrogens with zero attached hydrogens (tertiary/aromatic N) is 1. The summed E-state index contributed by atoms with van der Waals surface area (Å²) in [6, 6.07) is 4.82. The molecule has 6 nitrogen and oxygen atoms in total. The topological polar surface area (TPSA) is 67.9 Å². The zero-order valence-electron chi connectivity index (χ0n) is 13.0. The molecule has 0 radical (unpaired) electrons. The van der Waals surface area contributed by atoms with Gasteiger partial charge < -0.3 is 14.8 Å². The van der Waals surface area contributed by atoms with Gasteiger partial charge in [-0.3, -0.25) is 0 Å². The number of sulfonamides is 1. The number of benzene rings is 1. The molecular weight excluding hydrogens is 328 g/mol. The minimum atomic E-state index is -3.56. The molecule has 1 atom stereocenters. The first-order valence-electron chi connectivity index (χ1n) is 6.89. The van der Waals surface area contributed by atoms with Crippen LogP contribution in [0.4, 0.5) is 0 Å². The van der Waals surface area contributed by atoms with Crippen LogP contribution in [0.1, 0.15) is 6.42 Å². The summed E-state index contributed by atoms with van der Waals surface area (Å²) in [7, 11) is 1.29. The zero-order valence-corrected chi connectivity index (χ0v) is 14.7. The maximum atomic E-state index is 12.8. The number of methoxy groups -OCH3 is 2. The van der Waals surface area contributed by atoms with E-state index in [9.17, 15) is 8.42 Å². The third-order valence-electron chi connectivity index (χ3n) is 3.73. The van der Waals surface area contributed by atoms with E-state index in [0.717, 1.165) is 13.0 Å². The van der Waals surface area contributed by atoms with E-state index >= 15 is 0 Å². The van der Waals surface area contributed by atoms with Crippen LogP contribution in [0.3, 0.4) is 0 Å².